The van der Waals surface area contributed by atoms with Gasteiger partial charge in [-0.2, -0.15) is 13.2 Å². The summed E-state index contributed by atoms with van der Waals surface area (Å²) in [7, 11) is 0. The lowest BCUT2D eigenvalue weighted by Gasteiger charge is -2.30. The lowest BCUT2D eigenvalue weighted by molar-refractivity contribution is -0.145. The van der Waals surface area contributed by atoms with Crippen LogP contribution in [0.5, 0.6) is 11.5 Å². The zero-order valence-electron chi connectivity index (χ0n) is 21.7. The number of hydrogen-bond donors (Lipinski definition) is 1. The third kappa shape index (κ3) is 5.33. The summed E-state index contributed by atoms with van der Waals surface area (Å²) in [6.07, 6.45) is -4.80. The SMILES string of the molecule is CCOC(=O)COc1ccc(C2c3sc(=O)[nH]c3SC3C(=O)N(c4ccccc4C(F)(F)F)C(=O)C32)cc1OCC. The number of fused-ring (bicyclic) bond motifs is 2. The third-order valence-corrected chi connectivity index (χ3v) is 8.95. The van der Waals surface area contributed by atoms with E-state index in [1.54, 1.807) is 26.0 Å². The molecule has 3 heterocycles. The van der Waals surface area contributed by atoms with Crippen molar-refractivity contribution >= 4 is 46.6 Å². The van der Waals surface area contributed by atoms with Gasteiger partial charge in [-0.3, -0.25) is 14.4 Å². The van der Waals surface area contributed by atoms with Crippen molar-refractivity contribution in [2.24, 2.45) is 5.92 Å². The largest absolute Gasteiger partial charge is 0.490 e. The molecule has 14 heteroatoms. The van der Waals surface area contributed by atoms with E-state index in [0.29, 0.717) is 20.4 Å². The van der Waals surface area contributed by atoms with Crippen LogP contribution in [0.3, 0.4) is 0 Å². The predicted molar refractivity (Wildman–Crippen MR) is 144 cm³/mol. The van der Waals surface area contributed by atoms with E-state index in [2.05, 4.69) is 4.98 Å². The molecule has 2 aliphatic heterocycles. The number of thiazole rings is 1. The Hall–Kier alpha value is -3.78. The summed E-state index contributed by atoms with van der Waals surface area (Å²) >= 11 is 1.82. The van der Waals surface area contributed by atoms with E-state index < -0.39 is 57.2 Å². The van der Waals surface area contributed by atoms with E-state index in [1.807, 2.05) is 0 Å². The summed E-state index contributed by atoms with van der Waals surface area (Å²) in [6, 6.07) is 9.15. The molecule has 1 fully saturated rings. The molecule has 9 nitrogen and oxygen atoms in total. The van der Waals surface area contributed by atoms with Crippen LogP contribution in [0.15, 0.2) is 52.3 Å². The Bertz CT molecular complexity index is 1570. The van der Waals surface area contributed by atoms with Gasteiger partial charge in [-0.15, -0.1) is 0 Å². The number of halogens is 3. The van der Waals surface area contributed by atoms with Crippen LogP contribution < -0.4 is 19.2 Å². The minimum Gasteiger partial charge on any atom is -0.490 e. The molecule has 1 aromatic heterocycles. The first kappa shape index (κ1) is 28.7. The quantitative estimate of drug-likeness (QED) is 0.292. The van der Waals surface area contributed by atoms with E-state index in [9.17, 15) is 32.3 Å². The van der Waals surface area contributed by atoms with Crippen molar-refractivity contribution < 1.29 is 41.8 Å². The number of nitrogens with one attached hydrogen (secondary N) is 1. The van der Waals surface area contributed by atoms with E-state index >= 15 is 0 Å². The van der Waals surface area contributed by atoms with Gasteiger partial charge in [-0.05, 0) is 43.7 Å². The molecule has 0 radical (unpaired) electrons. The van der Waals surface area contributed by atoms with Gasteiger partial charge >= 0.3 is 17.0 Å². The molecule has 216 valence electrons. The second-order valence-corrected chi connectivity index (χ2v) is 11.2. The number of aromatic amines is 1. The molecule has 5 rings (SSSR count). The fraction of sp³-hybridized carbons (Fsp3) is 0.333. The molecule has 0 aliphatic carbocycles. The van der Waals surface area contributed by atoms with Crippen LogP contribution in [0.2, 0.25) is 0 Å². The molecule has 2 amide bonds. The Kier molecular flexibility index (Phi) is 7.88. The molecular weight excluding hydrogens is 585 g/mol. The van der Waals surface area contributed by atoms with Crippen molar-refractivity contribution in [3.63, 3.8) is 0 Å². The van der Waals surface area contributed by atoms with Gasteiger partial charge in [0.15, 0.2) is 18.1 Å². The van der Waals surface area contributed by atoms with Gasteiger partial charge in [0.1, 0.15) is 5.25 Å². The first-order chi connectivity index (χ1) is 19.5. The maximum atomic E-state index is 13.9. The van der Waals surface area contributed by atoms with Crippen molar-refractivity contribution in [2.75, 3.05) is 24.7 Å². The van der Waals surface area contributed by atoms with Gasteiger partial charge in [0.05, 0.1) is 35.4 Å². The molecule has 0 spiro atoms. The number of carbonyl (C=O) groups excluding carboxylic acids is 3. The number of imide groups is 1. The summed E-state index contributed by atoms with van der Waals surface area (Å²) in [5, 5.41) is -0.708. The Balaban J connectivity index is 1.58. The third-order valence-electron chi connectivity index (χ3n) is 6.55. The molecule has 3 unspecified atom stereocenters. The van der Waals surface area contributed by atoms with Gasteiger partial charge in [-0.1, -0.05) is 41.3 Å². The number of nitrogens with zero attached hydrogens (tertiary/aromatic N) is 1. The molecule has 2 aromatic carbocycles. The molecule has 1 N–H and O–H groups in total. The van der Waals surface area contributed by atoms with Crippen LogP contribution in [0.25, 0.3) is 0 Å². The van der Waals surface area contributed by atoms with Crippen molar-refractivity contribution in [3.8, 4) is 11.5 Å². The molecule has 2 aliphatic rings. The van der Waals surface area contributed by atoms with Crippen molar-refractivity contribution in [2.45, 2.75) is 36.2 Å². The Morgan fingerprint density at radius 3 is 2.46 bits per heavy atom. The van der Waals surface area contributed by atoms with E-state index in [1.165, 1.54) is 18.2 Å². The number of esters is 1. The first-order valence-corrected chi connectivity index (χ1v) is 14.2. The number of anilines is 1. The van der Waals surface area contributed by atoms with Gasteiger partial charge in [-0.25, -0.2) is 9.69 Å². The zero-order chi connectivity index (χ0) is 29.5. The first-order valence-electron chi connectivity index (χ1n) is 12.5. The summed E-state index contributed by atoms with van der Waals surface area (Å²) in [5.74, 6) is -3.68. The number of H-pyrrole nitrogens is 1. The average Bonchev–Trinajstić information content (AvgIpc) is 3.42. The van der Waals surface area contributed by atoms with Crippen LogP contribution in [0, 0.1) is 5.92 Å². The monoisotopic (exact) mass is 608 g/mol. The Morgan fingerprint density at radius 1 is 1.00 bits per heavy atom. The van der Waals surface area contributed by atoms with E-state index in [-0.39, 0.29) is 31.3 Å². The van der Waals surface area contributed by atoms with Crippen LogP contribution >= 0.6 is 23.1 Å². The number of carbonyl (C=O) groups is 3. The standard InChI is InChI=1S/C27H23F3N2O7S2/c1-3-37-17-11-13(9-10-16(17)39-12-18(33)38-4-2)19-20-22(40-23-21(19)41-26(36)31-23)25(35)32(24(20)34)15-8-6-5-7-14(15)27(28,29)30/h5-11,19-20,22H,3-4,12H2,1-2H3,(H,31,36). The summed E-state index contributed by atoms with van der Waals surface area (Å²) in [4.78, 5) is 55.0. The molecule has 3 aromatic rings. The maximum absolute atomic E-state index is 13.9. The van der Waals surface area contributed by atoms with E-state index in [4.69, 9.17) is 14.2 Å². The van der Waals surface area contributed by atoms with Crippen LogP contribution in [-0.4, -0.2) is 47.8 Å². The minimum atomic E-state index is -4.80. The highest BCUT2D eigenvalue weighted by molar-refractivity contribution is 8.00. The lowest BCUT2D eigenvalue weighted by atomic mass is 9.83. The van der Waals surface area contributed by atoms with Crippen molar-refractivity contribution in [1.82, 2.24) is 4.98 Å². The van der Waals surface area contributed by atoms with Gasteiger partial charge in [0.2, 0.25) is 11.8 Å². The number of rotatable bonds is 8. The highest BCUT2D eigenvalue weighted by Gasteiger charge is 2.57. The second-order valence-electron chi connectivity index (χ2n) is 9.01. The minimum absolute atomic E-state index is 0.181. The lowest BCUT2D eigenvalue weighted by Crippen LogP contribution is -2.33. The van der Waals surface area contributed by atoms with Crippen LogP contribution in [-0.2, 0) is 25.3 Å². The average molecular weight is 609 g/mol. The van der Waals surface area contributed by atoms with Crippen molar-refractivity contribution in [3.05, 3.63) is 68.1 Å². The number of amides is 2. The fourth-order valence-electron chi connectivity index (χ4n) is 4.97. The normalized spacial score (nSPS) is 20.0. The molecule has 3 atom stereocenters. The molecule has 0 saturated carbocycles. The summed E-state index contributed by atoms with van der Waals surface area (Å²) in [5.41, 5.74) is -1.17. The van der Waals surface area contributed by atoms with E-state index in [0.717, 1.165) is 35.2 Å². The van der Waals surface area contributed by atoms with Gasteiger partial charge < -0.3 is 19.2 Å². The highest BCUT2D eigenvalue weighted by atomic mass is 32.2. The number of para-hydroxylation sites is 1. The maximum Gasteiger partial charge on any atom is 0.418 e. The van der Waals surface area contributed by atoms with Crippen LogP contribution in [0.4, 0.5) is 18.9 Å². The van der Waals surface area contributed by atoms with Crippen LogP contribution in [0.1, 0.15) is 35.8 Å². The number of aromatic nitrogens is 1. The number of thioether (sulfide) groups is 1. The number of ether oxygens (including phenoxy) is 3. The highest BCUT2D eigenvalue weighted by Crippen LogP contribution is 2.54. The Morgan fingerprint density at radius 2 is 1.76 bits per heavy atom. The summed E-state index contributed by atoms with van der Waals surface area (Å²) in [6.45, 7) is 3.44. The fourth-order valence-corrected chi connectivity index (χ4v) is 7.48. The van der Waals surface area contributed by atoms with Gasteiger partial charge in [0.25, 0.3) is 0 Å². The molecule has 0 bridgehead atoms. The smallest absolute Gasteiger partial charge is 0.418 e. The summed E-state index contributed by atoms with van der Waals surface area (Å²) < 4.78 is 57.7. The molecular formula is C27H23F3N2O7S2. The predicted octanol–water partition coefficient (Wildman–Crippen LogP) is 4.59. The number of alkyl halides is 3. The van der Waals surface area contributed by atoms with Gasteiger partial charge in [0, 0.05) is 10.8 Å². The Labute approximate surface area is 239 Å². The number of hydrogen-bond acceptors (Lipinski definition) is 9. The topological polar surface area (TPSA) is 115 Å². The zero-order valence-corrected chi connectivity index (χ0v) is 23.3. The second kappa shape index (κ2) is 11.2. The van der Waals surface area contributed by atoms with Crippen molar-refractivity contribution in [1.29, 1.82) is 0 Å². The molecule has 41 heavy (non-hydrogen) atoms. The molecule has 1 saturated heterocycles. The number of benzene rings is 2.